The van der Waals surface area contributed by atoms with Gasteiger partial charge in [-0.25, -0.2) is 4.79 Å². The lowest BCUT2D eigenvalue weighted by atomic mass is 10.0. The lowest BCUT2D eigenvalue weighted by molar-refractivity contribution is -0.122. The minimum atomic E-state index is -1.13. The summed E-state index contributed by atoms with van der Waals surface area (Å²) in [7, 11) is 0. The molecule has 7 nitrogen and oxygen atoms in total. The van der Waals surface area contributed by atoms with Crippen molar-refractivity contribution < 1.29 is 19.5 Å². The van der Waals surface area contributed by atoms with E-state index in [1.807, 2.05) is 48.7 Å². The Balaban J connectivity index is 1.42. The van der Waals surface area contributed by atoms with E-state index in [4.69, 9.17) is 12.2 Å². The maximum absolute atomic E-state index is 13.6. The smallest absolute Gasteiger partial charge is 0.335 e. The van der Waals surface area contributed by atoms with E-state index in [0.717, 1.165) is 32.1 Å². The molecule has 6 rings (SSSR count). The molecule has 190 valence electrons. The van der Waals surface area contributed by atoms with Gasteiger partial charge < -0.3 is 9.67 Å². The standard InChI is InChI=1S/C31H21N3O4S/c35-28-26(29(36)34(31(39)32-28)23-11-6-9-20(15-23)30(37)38)16-22-18-33(27-14-4-3-13-25(22)27)17-21-10-5-8-19-7-1-2-12-24(19)21/h1-16,18H,17H2,(H,37,38)(H,32,35,39). The molecule has 1 fully saturated rings. The van der Waals surface area contributed by atoms with Crippen LogP contribution in [0.3, 0.4) is 0 Å². The molecule has 2 N–H and O–H groups in total. The number of fused-ring (bicyclic) bond motifs is 2. The number of thiocarbonyl (C=S) groups is 1. The Morgan fingerprint density at radius 2 is 1.62 bits per heavy atom. The van der Waals surface area contributed by atoms with Gasteiger partial charge >= 0.3 is 5.97 Å². The Morgan fingerprint density at radius 1 is 0.897 bits per heavy atom. The van der Waals surface area contributed by atoms with Crippen LogP contribution in [-0.4, -0.2) is 32.6 Å². The average Bonchev–Trinajstić information content (AvgIpc) is 3.28. The van der Waals surface area contributed by atoms with Crippen LogP contribution < -0.4 is 10.2 Å². The molecule has 0 aliphatic carbocycles. The molecule has 1 saturated heterocycles. The predicted octanol–water partition coefficient (Wildman–Crippen LogP) is 5.37. The molecule has 0 atom stereocenters. The first kappa shape index (κ1) is 24.3. The summed E-state index contributed by atoms with van der Waals surface area (Å²) < 4.78 is 2.10. The Morgan fingerprint density at radius 3 is 2.44 bits per heavy atom. The van der Waals surface area contributed by atoms with Crippen molar-refractivity contribution in [1.82, 2.24) is 9.88 Å². The quantitative estimate of drug-likeness (QED) is 0.181. The SMILES string of the molecule is O=C1NC(=S)N(c2cccc(C(=O)O)c2)C(=O)C1=Cc1cn(Cc2cccc3ccccc23)c2ccccc12. The van der Waals surface area contributed by atoms with Crippen molar-refractivity contribution in [3.05, 3.63) is 119 Å². The van der Waals surface area contributed by atoms with Gasteiger partial charge in [-0.2, -0.15) is 0 Å². The number of nitrogens with zero attached hydrogens (tertiary/aromatic N) is 2. The van der Waals surface area contributed by atoms with Crippen molar-refractivity contribution >= 4 is 68.6 Å². The van der Waals surface area contributed by atoms with Gasteiger partial charge in [0.05, 0.1) is 11.3 Å². The summed E-state index contributed by atoms with van der Waals surface area (Å²) in [6.07, 6.45) is 3.50. The number of aromatic nitrogens is 1. The van der Waals surface area contributed by atoms with E-state index in [2.05, 4.69) is 34.1 Å². The van der Waals surface area contributed by atoms with Crippen molar-refractivity contribution in [2.75, 3.05) is 4.90 Å². The highest BCUT2D eigenvalue weighted by Crippen LogP contribution is 2.29. The van der Waals surface area contributed by atoms with Gasteiger partial charge in [-0.3, -0.25) is 19.8 Å². The molecule has 2 amide bonds. The van der Waals surface area contributed by atoms with Crippen LogP contribution in [0.5, 0.6) is 0 Å². The highest BCUT2D eigenvalue weighted by molar-refractivity contribution is 7.80. The summed E-state index contributed by atoms with van der Waals surface area (Å²) in [6, 6.07) is 28.1. The zero-order chi connectivity index (χ0) is 27.1. The second kappa shape index (κ2) is 9.66. The molecule has 0 bridgehead atoms. The van der Waals surface area contributed by atoms with Crippen molar-refractivity contribution in [2.45, 2.75) is 6.54 Å². The van der Waals surface area contributed by atoms with Crippen LogP contribution in [0.15, 0.2) is 103 Å². The zero-order valence-electron chi connectivity index (χ0n) is 20.5. The van der Waals surface area contributed by atoms with Gasteiger partial charge in [0, 0.05) is 29.2 Å². The number of amides is 2. The van der Waals surface area contributed by atoms with Crippen LogP contribution in [0.2, 0.25) is 0 Å². The van der Waals surface area contributed by atoms with E-state index in [1.165, 1.54) is 18.2 Å². The predicted molar refractivity (Wildman–Crippen MR) is 155 cm³/mol. The fourth-order valence-corrected chi connectivity index (χ4v) is 5.24. The van der Waals surface area contributed by atoms with Crippen molar-refractivity contribution in [3.63, 3.8) is 0 Å². The molecule has 5 aromatic rings. The number of benzene rings is 4. The molecule has 39 heavy (non-hydrogen) atoms. The van der Waals surface area contributed by atoms with Gasteiger partial charge in [-0.05, 0) is 58.9 Å². The average molecular weight is 532 g/mol. The van der Waals surface area contributed by atoms with E-state index in [1.54, 1.807) is 12.1 Å². The lowest BCUT2D eigenvalue weighted by Gasteiger charge is -2.29. The van der Waals surface area contributed by atoms with E-state index in [0.29, 0.717) is 12.1 Å². The van der Waals surface area contributed by atoms with E-state index >= 15 is 0 Å². The number of anilines is 1. The van der Waals surface area contributed by atoms with Crippen LogP contribution >= 0.6 is 12.2 Å². The Hall–Kier alpha value is -5.08. The van der Waals surface area contributed by atoms with Crippen molar-refractivity contribution in [2.24, 2.45) is 0 Å². The first-order valence-corrected chi connectivity index (χ1v) is 12.6. The Labute approximate surface area is 228 Å². The second-order valence-corrected chi connectivity index (χ2v) is 9.57. The maximum Gasteiger partial charge on any atom is 0.335 e. The normalized spacial score (nSPS) is 14.8. The van der Waals surface area contributed by atoms with Gasteiger partial charge in [0.25, 0.3) is 11.8 Å². The lowest BCUT2D eigenvalue weighted by Crippen LogP contribution is -2.54. The van der Waals surface area contributed by atoms with Crippen LogP contribution in [-0.2, 0) is 16.1 Å². The van der Waals surface area contributed by atoms with E-state index in [9.17, 15) is 19.5 Å². The number of carboxylic acid groups (broad SMARTS) is 1. The number of carbonyl (C=O) groups excluding carboxylic acids is 2. The summed E-state index contributed by atoms with van der Waals surface area (Å²) in [5.74, 6) is -2.37. The molecule has 0 spiro atoms. The number of carbonyl (C=O) groups is 3. The van der Waals surface area contributed by atoms with Gasteiger partial charge in [0.2, 0.25) is 0 Å². The summed E-state index contributed by atoms with van der Waals surface area (Å²) >= 11 is 5.28. The Kier molecular flexibility index (Phi) is 6.01. The number of rotatable bonds is 5. The Bertz CT molecular complexity index is 1870. The van der Waals surface area contributed by atoms with E-state index < -0.39 is 17.8 Å². The van der Waals surface area contributed by atoms with Gasteiger partial charge in [0.15, 0.2) is 5.11 Å². The van der Waals surface area contributed by atoms with Crippen molar-refractivity contribution in [1.29, 1.82) is 0 Å². The summed E-state index contributed by atoms with van der Waals surface area (Å²) in [5, 5.41) is 15.0. The van der Waals surface area contributed by atoms with Crippen LogP contribution in [0.1, 0.15) is 21.5 Å². The molecule has 0 unspecified atom stereocenters. The minimum absolute atomic E-state index is 0.00189. The first-order valence-electron chi connectivity index (χ1n) is 12.2. The molecule has 1 aliphatic heterocycles. The fraction of sp³-hybridized carbons (Fsp3) is 0.0323. The number of carboxylic acids is 1. The molecule has 8 heteroatoms. The molecule has 0 saturated carbocycles. The highest BCUT2D eigenvalue weighted by atomic mass is 32.1. The molecule has 4 aromatic carbocycles. The van der Waals surface area contributed by atoms with Gasteiger partial charge in [-0.15, -0.1) is 0 Å². The summed E-state index contributed by atoms with van der Waals surface area (Å²) in [6.45, 7) is 0.601. The van der Waals surface area contributed by atoms with Gasteiger partial charge in [-0.1, -0.05) is 66.7 Å². The van der Waals surface area contributed by atoms with Crippen LogP contribution in [0.25, 0.3) is 27.8 Å². The molecular weight excluding hydrogens is 510 g/mol. The van der Waals surface area contributed by atoms with Crippen LogP contribution in [0, 0.1) is 0 Å². The van der Waals surface area contributed by atoms with Crippen LogP contribution in [0.4, 0.5) is 5.69 Å². The van der Waals surface area contributed by atoms with Crippen molar-refractivity contribution in [3.8, 4) is 0 Å². The summed E-state index contributed by atoms with van der Waals surface area (Å²) in [5.41, 5.74) is 2.97. The number of para-hydroxylation sites is 1. The largest absolute Gasteiger partial charge is 0.478 e. The molecule has 1 aromatic heterocycles. The minimum Gasteiger partial charge on any atom is -0.478 e. The number of aromatic carboxylic acids is 1. The maximum atomic E-state index is 13.6. The molecule has 0 radical (unpaired) electrons. The van der Waals surface area contributed by atoms with Gasteiger partial charge in [0.1, 0.15) is 5.57 Å². The molecule has 1 aliphatic rings. The van der Waals surface area contributed by atoms with E-state index in [-0.39, 0.29) is 21.9 Å². The monoisotopic (exact) mass is 531 g/mol. The zero-order valence-corrected chi connectivity index (χ0v) is 21.3. The third-order valence-electron chi connectivity index (χ3n) is 6.79. The number of hydrogen-bond donors (Lipinski definition) is 2. The third-order valence-corrected chi connectivity index (χ3v) is 7.08. The first-order chi connectivity index (χ1) is 18.9. The molecule has 2 heterocycles. The topological polar surface area (TPSA) is 91.6 Å². The number of nitrogens with one attached hydrogen (secondary N) is 1. The molecular formula is C31H21N3O4S. The number of hydrogen-bond acceptors (Lipinski definition) is 4. The second-order valence-electron chi connectivity index (χ2n) is 9.18. The fourth-order valence-electron chi connectivity index (χ4n) is 4.96. The summed E-state index contributed by atoms with van der Waals surface area (Å²) in [4.78, 5) is 39.1. The highest BCUT2D eigenvalue weighted by Gasteiger charge is 2.35. The third kappa shape index (κ3) is 4.36.